The summed E-state index contributed by atoms with van der Waals surface area (Å²) in [5.74, 6) is -1.20. The molecule has 0 radical (unpaired) electrons. The summed E-state index contributed by atoms with van der Waals surface area (Å²) in [6.07, 6.45) is 1.58. The third-order valence-electron chi connectivity index (χ3n) is 4.50. The molecule has 1 aromatic rings. The molecule has 1 heterocycles. The fourth-order valence-electron chi connectivity index (χ4n) is 3.68. The SMILES string of the molecule is Cc1ccc(NC(=O)C(=O)NC2CC(C)(C)NC(C)(C)C2)cc1C. The zero-order chi connectivity index (χ0) is 18.1. The Bertz CT molecular complexity index is 634. The van der Waals surface area contributed by atoms with E-state index in [1.807, 2.05) is 32.0 Å². The zero-order valence-electron chi connectivity index (χ0n) is 15.5. The van der Waals surface area contributed by atoms with Gasteiger partial charge in [-0.15, -0.1) is 0 Å². The van der Waals surface area contributed by atoms with Crippen LogP contribution in [0.4, 0.5) is 5.69 Å². The summed E-state index contributed by atoms with van der Waals surface area (Å²) >= 11 is 0. The van der Waals surface area contributed by atoms with Crippen LogP contribution >= 0.6 is 0 Å². The molecule has 24 heavy (non-hydrogen) atoms. The third kappa shape index (κ3) is 4.81. The van der Waals surface area contributed by atoms with Crippen molar-refractivity contribution in [2.75, 3.05) is 5.32 Å². The summed E-state index contributed by atoms with van der Waals surface area (Å²) in [6.45, 7) is 12.4. The predicted molar refractivity (Wildman–Crippen MR) is 97.0 cm³/mol. The lowest BCUT2D eigenvalue weighted by atomic mass is 9.79. The largest absolute Gasteiger partial charge is 0.345 e. The second-order valence-electron chi connectivity index (χ2n) is 8.22. The molecule has 2 amide bonds. The molecule has 0 bridgehead atoms. The molecule has 0 unspecified atom stereocenters. The van der Waals surface area contributed by atoms with Gasteiger partial charge in [0.15, 0.2) is 0 Å². The Kier molecular flexibility index (Phi) is 5.04. The summed E-state index contributed by atoms with van der Waals surface area (Å²) in [5.41, 5.74) is 2.71. The molecule has 1 aliphatic rings. The maximum absolute atomic E-state index is 12.2. The molecule has 5 heteroatoms. The summed E-state index contributed by atoms with van der Waals surface area (Å²) in [6, 6.07) is 5.59. The molecule has 1 aliphatic heterocycles. The molecule has 1 aromatic carbocycles. The standard InChI is InChI=1S/C19H29N3O2/c1-12-7-8-14(9-13(12)2)20-16(23)17(24)21-15-10-18(3,4)22-19(5,6)11-15/h7-9,15,22H,10-11H2,1-6H3,(H,20,23)(H,21,24). The lowest BCUT2D eigenvalue weighted by Crippen LogP contribution is -2.62. The predicted octanol–water partition coefficient (Wildman–Crippen LogP) is 2.67. The van der Waals surface area contributed by atoms with Gasteiger partial charge < -0.3 is 16.0 Å². The van der Waals surface area contributed by atoms with Gasteiger partial charge in [-0.1, -0.05) is 6.07 Å². The van der Waals surface area contributed by atoms with Crippen molar-refractivity contribution < 1.29 is 9.59 Å². The van der Waals surface area contributed by atoms with E-state index in [0.717, 1.165) is 24.0 Å². The molecule has 0 spiro atoms. The number of nitrogens with one attached hydrogen (secondary N) is 3. The molecule has 5 nitrogen and oxygen atoms in total. The van der Waals surface area contributed by atoms with E-state index < -0.39 is 11.8 Å². The number of piperidine rings is 1. The molecule has 0 aromatic heterocycles. The maximum atomic E-state index is 12.2. The fourth-order valence-corrected chi connectivity index (χ4v) is 3.68. The van der Waals surface area contributed by atoms with E-state index in [2.05, 4.69) is 43.6 Å². The van der Waals surface area contributed by atoms with Crippen molar-refractivity contribution in [2.45, 2.75) is 71.5 Å². The lowest BCUT2D eigenvalue weighted by Gasteiger charge is -2.46. The van der Waals surface area contributed by atoms with Crippen LogP contribution in [0.5, 0.6) is 0 Å². The molecule has 0 atom stereocenters. The van der Waals surface area contributed by atoms with Crippen molar-refractivity contribution >= 4 is 17.5 Å². The van der Waals surface area contributed by atoms with Crippen molar-refractivity contribution in [3.8, 4) is 0 Å². The van der Waals surface area contributed by atoms with Crippen molar-refractivity contribution in [2.24, 2.45) is 0 Å². The monoisotopic (exact) mass is 331 g/mol. The number of hydrogen-bond acceptors (Lipinski definition) is 3. The third-order valence-corrected chi connectivity index (χ3v) is 4.50. The molecule has 0 saturated carbocycles. The first kappa shape index (κ1) is 18.5. The van der Waals surface area contributed by atoms with Crippen LogP contribution in [0.25, 0.3) is 0 Å². The van der Waals surface area contributed by atoms with Gasteiger partial charge in [-0.2, -0.15) is 0 Å². The van der Waals surface area contributed by atoms with Crippen molar-refractivity contribution in [3.63, 3.8) is 0 Å². The molecular weight excluding hydrogens is 302 g/mol. The Balaban J connectivity index is 1.98. The molecule has 2 rings (SSSR count). The first-order valence-corrected chi connectivity index (χ1v) is 8.46. The van der Waals surface area contributed by atoms with Crippen molar-refractivity contribution in [3.05, 3.63) is 29.3 Å². The highest BCUT2D eigenvalue weighted by Gasteiger charge is 2.38. The van der Waals surface area contributed by atoms with E-state index in [1.165, 1.54) is 0 Å². The van der Waals surface area contributed by atoms with Gasteiger partial charge >= 0.3 is 11.8 Å². The van der Waals surface area contributed by atoms with E-state index >= 15 is 0 Å². The van der Waals surface area contributed by atoms with Crippen LogP contribution in [0, 0.1) is 13.8 Å². The number of benzene rings is 1. The zero-order valence-corrected chi connectivity index (χ0v) is 15.5. The Labute approximate surface area is 144 Å². The summed E-state index contributed by atoms with van der Waals surface area (Å²) < 4.78 is 0. The van der Waals surface area contributed by atoms with Gasteiger partial charge in [-0.3, -0.25) is 9.59 Å². The minimum Gasteiger partial charge on any atom is -0.345 e. The van der Waals surface area contributed by atoms with E-state index in [4.69, 9.17) is 0 Å². The van der Waals surface area contributed by atoms with Gasteiger partial charge in [-0.05, 0) is 77.6 Å². The fraction of sp³-hybridized carbons (Fsp3) is 0.579. The van der Waals surface area contributed by atoms with Crippen LogP contribution in [0.3, 0.4) is 0 Å². The molecule has 0 aliphatic carbocycles. The van der Waals surface area contributed by atoms with Crippen LogP contribution in [-0.4, -0.2) is 28.9 Å². The van der Waals surface area contributed by atoms with Crippen molar-refractivity contribution in [1.82, 2.24) is 10.6 Å². The highest BCUT2D eigenvalue weighted by molar-refractivity contribution is 6.39. The summed E-state index contributed by atoms with van der Waals surface area (Å²) in [4.78, 5) is 24.4. The number of rotatable bonds is 2. The number of carbonyl (C=O) groups is 2. The van der Waals surface area contributed by atoms with E-state index in [9.17, 15) is 9.59 Å². The van der Waals surface area contributed by atoms with Crippen LogP contribution in [-0.2, 0) is 9.59 Å². The van der Waals surface area contributed by atoms with Gasteiger partial charge in [-0.25, -0.2) is 0 Å². The molecule has 1 saturated heterocycles. The topological polar surface area (TPSA) is 70.2 Å². The van der Waals surface area contributed by atoms with Crippen LogP contribution in [0.15, 0.2) is 18.2 Å². The van der Waals surface area contributed by atoms with Gasteiger partial charge in [0.1, 0.15) is 0 Å². The van der Waals surface area contributed by atoms with Gasteiger partial charge in [0.2, 0.25) is 0 Å². The van der Waals surface area contributed by atoms with Crippen LogP contribution < -0.4 is 16.0 Å². The highest BCUT2D eigenvalue weighted by Crippen LogP contribution is 2.28. The van der Waals surface area contributed by atoms with Crippen molar-refractivity contribution in [1.29, 1.82) is 0 Å². The van der Waals surface area contributed by atoms with Gasteiger partial charge in [0.25, 0.3) is 0 Å². The Morgan fingerprint density at radius 1 is 1.00 bits per heavy atom. The second-order valence-corrected chi connectivity index (χ2v) is 8.22. The average Bonchev–Trinajstić information content (AvgIpc) is 2.39. The summed E-state index contributed by atoms with van der Waals surface area (Å²) in [5, 5.41) is 9.12. The van der Waals surface area contributed by atoms with Crippen LogP contribution in [0.2, 0.25) is 0 Å². The van der Waals surface area contributed by atoms with Gasteiger partial charge in [0, 0.05) is 22.8 Å². The molecule has 1 fully saturated rings. The minimum absolute atomic E-state index is 0.0192. The average molecular weight is 331 g/mol. The number of carbonyl (C=O) groups excluding carboxylic acids is 2. The first-order valence-electron chi connectivity index (χ1n) is 8.46. The normalized spacial score (nSPS) is 19.6. The van der Waals surface area contributed by atoms with Crippen LogP contribution in [0.1, 0.15) is 51.7 Å². The maximum Gasteiger partial charge on any atom is 0.313 e. The molecule has 132 valence electrons. The molecule has 3 N–H and O–H groups in total. The number of anilines is 1. The first-order chi connectivity index (χ1) is 11.0. The van der Waals surface area contributed by atoms with E-state index in [1.54, 1.807) is 0 Å². The van der Waals surface area contributed by atoms with E-state index in [0.29, 0.717) is 5.69 Å². The molecular formula is C19H29N3O2. The lowest BCUT2D eigenvalue weighted by molar-refractivity contribution is -0.137. The number of amides is 2. The Hall–Kier alpha value is -1.88. The quantitative estimate of drug-likeness (QED) is 0.730. The minimum atomic E-state index is -0.618. The van der Waals surface area contributed by atoms with E-state index in [-0.39, 0.29) is 17.1 Å². The highest BCUT2D eigenvalue weighted by atomic mass is 16.2. The summed E-state index contributed by atoms with van der Waals surface area (Å²) in [7, 11) is 0. The second kappa shape index (κ2) is 6.55. The Morgan fingerprint density at radius 2 is 1.58 bits per heavy atom. The smallest absolute Gasteiger partial charge is 0.313 e. The van der Waals surface area contributed by atoms with Gasteiger partial charge in [0.05, 0.1) is 0 Å². The number of aryl methyl sites for hydroxylation is 2. The number of hydrogen-bond donors (Lipinski definition) is 3. The Morgan fingerprint density at radius 3 is 2.12 bits per heavy atom.